The minimum atomic E-state index is 0.0434. The molecule has 4 heteroatoms. The van der Waals surface area contributed by atoms with Gasteiger partial charge in [0, 0.05) is 17.2 Å². The van der Waals surface area contributed by atoms with Crippen molar-refractivity contribution >= 4 is 17.0 Å². The van der Waals surface area contributed by atoms with Gasteiger partial charge in [0.1, 0.15) is 0 Å². The first kappa shape index (κ1) is 13.4. The number of aliphatic imine (C=N–C) groups is 1. The first-order chi connectivity index (χ1) is 9.31. The van der Waals surface area contributed by atoms with Crippen molar-refractivity contribution in [2.75, 3.05) is 27.4 Å². The lowest BCUT2D eigenvalue weighted by molar-refractivity contribution is 0.307. The van der Waals surface area contributed by atoms with E-state index < -0.39 is 0 Å². The fourth-order valence-electron chi connectivity index (χ4n) is 2.04. The highest BCUT2D eigenvalue weighted by atomic mass is 16.5. The number of aliphatic hydroxyl groups excluding tert-OH is 1. The molecule has 1 N–H and O–H groups in total. The van der Waals surface area contributed by atoms with Gasteiger partial charge in [-0.05, 0) is 11.5 Å². The average molecular weight is 259 g/mol. The summed E-state index contributed by atoms with van der Waals surface area (Å²) < 4.78 is 10.8. The summed E-state index contributed by atoms with van der Waals surface area (Å²) in [6, 6.07) is 9.82. The van der Waals surface area contributed by atoms with Crippen molar-refractivity contribution in [3.63, 3.8) is 0 Å². The number of aliphatic hydroxyl groups is 1. The van der Waals surface area contributed by atoms with Crippen LogP contribution in [0.3, 0.4) is 0 Å². The van der Waals surface area contributed by atoms with E-state index in [1.807, 2.05) is 30.3 Å². The van der Waals surface area contributed by atoms with Crippen molar-refractivity contribution < 1.29 is 14.6 Å². The van der Waals surface area contributed by atoms with E-state index in [9.17, 15) is 0 Å². The zero-order chi connectivity index (χ0) is 13.7. The Kier molecular flexibility index (Phi) is 4.36. The first-order valence-electron chi connectivity index (χ1n) is 6.06. The van der Waals surface area contributed by atoms with E-state index in [0.29, 0.717) is 12.3 Å². The Labute approximate surface area is 112 Å². The van der Waals surface area contributed by atoms with Gasteiger partial charge < -0.3 is 14.6 Å². The predicted molar refractivity (Wildman–Crippen MR) is 76.6 cm³/mol. The van der Waals surface area contributed by atoms with Crippen molar-refractivity contribution in [2.45, 2.75) is 0 Å². The number of fused-ring (bicyclic) bond motifs is 1. The van der Waals surface area contributed by atoms with Gasteiger partial charge in [0.2, 0.25) is 0 Å². The molecule has 0 bridgehead atoms. The summed E-state index contributed by atoms with van der Waals surface area (Å²) in [5, 5.41) is 10.8. The van der Waals surface area contributed by atoms with Crippen LogP contribution in [0.15, 0.2) is 35.3 Å². The first-order valence-corrected chi connectivity index (χ1v) is 6.06. The van der Waals surface area contributed by atoms with Crippen LogP contribution < -0.4 is 9.47 Å². The highest BCUT2D eigenvalue weighted by Gasteiger charge is 2.11. The maximum atomic E-state index is 8.78. The Hall–Kier alpha value is -2.07. The molecule has 2 aromatic rings. The van der Waals surface area contributed by atoms with E-state index >= 15 is 0 Å². The van der Waals surface area contributed by atoms with E-state index in [-0.39, 0.29) is 6.61 Å². The number of benzene rings is 2. The number of hydrogen-bond acceptors (Lipinski definition) is 4. The Morgan fingerprint density at radius 1 is 1.16 bits per heavy atom. The van der Waals surface area contributed by atoms with Crippen LogP contribution in [0.4, 0.5) is 0 Å². The molecule has 0 spiro atoms. The molecular weight excluding hydrogens is 242 g/mol. The molecule has 0 radical (unpaired) electrons. The third kappa shape index (κ3) is 2.69. The van der Waals surface area contributed by atoms with Crippen molar-refractivity contribution in [2.24, 2.45) is 4.99 Å². The second kappa shape index (κ2) is 6.20. The fourth-order valence-corrected chi connectivity index (χ4v) is 2.04. The smallest absolute Gasteiger partial charge is 0.168 e. The monoisotopic (exact) mass is 259 g/mol. The van der Waals surface area contributed by atoms with Gasteiger partial charge in [0.25, 0.3) is 0 Å². The summed E-state index contributed by atoms with van der Waals surface area (Å²) in [5.41, 5.74) is 0.946. The van der Waals surface area contributed by atoms with Crippen molar-refractivity contribution in [3.05, 3.63) is 35.9 Å². The average Bonchev–Trinajstić information content (AvgIpc) is 2.46. The Morgan fingerprint density at radius 3 is 2.53 bits per heavy atom. The third-order valence-electron chi connectivity index (χ3n) is 2.88. The van der Waals surface area contributed by atoms with Crippen molar-refractivity contribution in [3.8, 4) is 11.5 Å². The second-order valence-electron chi connectivity index (χ2n) is 4.01. The Bertz CT molecular complexity index is 593. The van der Waals surface area contributed by atoms with Crippen LogP contribution in [-0.2, 0) is 0 Å². The number of nitrogens with zero attached hydrogens (tertiary/aromatic N) is 1. The second-order valence-corrected chi connectivity index (χ2v) is 4.01. The largest absolute Gasteiger partial charge is 0.493 e. The van der Waals surface area contributed by atoms with Crippen LogP contribution in [0.2, 0.25) is 0 Å². The van der Waals surface area contributed by atoms with Gasteiger partial charge in [-0.2, -0.15) is 0 Å². The van der Waals surface area contributed by atoms with Gasteiger partial charge in [-0.3, -0.25) is 4.99 Å². The SMILES string of the molecule is COc1cc(/C=N/CCO)c2ccccc2c1OC. The van der Waals surface area contributed by atoms with Crippen LogP contribution in [0.1, 0.15) is 5.56 Å². The lowest BCUT2D eigenvalue weighted by Crippen LogP contribution is -1.96. The molecular formula is C15H17NO3. The normalized spacial score (nSPS) is 11.1. The number of methoxy groups -OCH3 is 2. The van der Waals surface area contributed by atoms with Gasteiger partial charge >= 0.3 is 0 Å². The van der Waals surface area contributed by atoms with E-state index in [2.05, 4.69) is 4.99 Å². The molecule has 2 rings (SSSR count). The number of ether oxygens (including phenoxy) is 2. The fraction of sp³-hybridized carbons (Fsp3) is 0.267. The van der Waals surface area contributed by atoms with Crippen LogP contribution in [0.5, 0.6) is 11.5 Å². The van der Waals surface area contributed by atoms with E-state index in [4.69, 9.17) is 14.6 Å². The maximum absolute atomic E-state index is 8.78. The van der Waals surface area contributed by atoms with Gasteiger partial charge in [-0.25, -0.2) is 0 Å². The standard InChI is InChI=1S/C15H17NO3/c1-18-14-9-11(10-16-7-8-17)12-5-3-4-6-13(12)15(14)19-2/h3-6,9-10,17H,7-8H2,1-2H3/b16-10+. The summed E-state index contributed by atoms with van der Waals surface area (Å²) in [6.45, 7) is 0.435. The topological polar surface area (TPSA) is 51.0 Å². The zero-order valence-electron chi connectivity index (χ0n) is 11.1. The third-order valence-corrected chi connectivity index (χ3v) is 2.88. The van der Waals surface area contributed by atoms with Gasteiger partial charge in [0.15, 0.2) is 11.5 Å². The molecule has 0 aliphatic heterocycles. The molecule has 0 saturated heterocycles. The molecule has 0 amide bonds. The Balaban J connectivity index is 2.63. The van der Waals surface area contributed by atoms with Crippen LogP contribution >= 0.6 is 0 Å². The summed E-state index contributed by atoms with van der Waals surface area (Å²) in [4.78, 5) is 4.17. The molecule has 19 heavy (non-hydrogen) atoms. The molecule has 0 unspecified atom stereocenters. The van der Waals surface area contributed by atoms with Crippen molar-refractivity contribution in [1.29, 1.82) is 0 Å². The van der Waals surface area contributed by atoms with Gasteiger partial charge in [-0.15, -0.1) is 0 Å². The highest BCUT2D eigenvalue weighted by Crippen LogP contribution is 2.37. The lowest BCUT2D eigenvalue weighted by atomic mass is 10.0. The minimum absolute atomic E-state index is 0.0434. The molecule has 0 saturated carbocycles. The number of rotatable bonds is 5. The summed E-state index contributed by atoms with van der Waals surface area (Å²) >= 11 is 0. The van der Waals surface area contributed by atoms with Crippen LogP contribution in [0.25, 0.3) is 10.8 Å². The van der Waals surface area contributed by atoms with E-state index in [1.54, 1.807) is 20.4 Å². The summed E-state index contributed by atoms with van der Waals surface area (Å²) in [5.74, 6) is 1.39. The Morgan fingerprint density at radius 2 is 1.89 bits per heavy atom. The van der Waals surface area contributed by atoms with Gasteiger partial charge in [0.05, 0.1) is 27.4 Å². The van der Waals surface area contributed by atoms with Crippen molar-refractivity contribution in [1.82, 2.24) is 0 Å². The predicted octanol–water partition coefficient (Wildman–Crippen LogP) is 2.27. The molecule has 0 heterocycles. The van der Waals surface area contributed by atoms with Gasteiger partial charge in [-0.1, -0.05) is 24.3 Å². The molecule has 0 aromatic heterocycles. The highest BCUT2D eigenvalue weighted by molar-refractivity contribution is 6.03. The zero-order valence-corrected chi connectivity index (χ0v) is 11.1. The lowest BCUT2D eigenvalue weighted by Gasteiger charge is -2.12. The molecule has 0 aliphatic rings. The molecule has 0 fully saturated rings. The maximum Gasteiger partial charge on any atom is 0.168 e. The molecule has 100 valence electrons. The van der Waals surface area contributed by atoms with Crippen LogP contribution in [0, 0.1) is 0 Å². The van der Waals surface area contributed by atoms with Crippen LogP contribution in [-0.4, -0.2) is 38.7 Å². The number of hydrogen-bond donors (Lipinski definition) is 1. The molecule has 0 aliphatic carbocycles. The summed E-state index contributed by atoms with van der Waals surface area (Å²) in [6.07, 6.45) is 1.75. The van der Waals surface area contributed by atoms with E-state index in [0.717, 1.165) is 22.1 Å². The van der Waals surface area contributed by atoms with E-state index in [1.165, 1.54) is 0 Å². The summed E-state index contributed by atoms with van der Waals surface area (Å²) in [7, 11) is 3.24. The molecule has 0 atom stereocenters. The quantitative estimate of drug-likeness (QED) is 0.838. The minimum Gasteiger partial charge on any atom is -0.493 e. The molecule has 2 aromatic carbocycles. The molecule has 4 nitrogen and oxygen atoms in total.